The molecule has 1 aromatic rings. The first-order valence-electron chi connectivity index (χ1n) is 21.1. The van der Waals surface area contributed by atoms with E-state index in [1.165, 1.54) is 11.1 Å². The maximum absolute atomic E-state index is 14.4. The summed E-state index contributed by atoms with van der Waals surface area (Å²) in [7, 11) is -6.17. The van der Waals surface area contributed by atoms with Crippen molar-refractivity contribution in [3.63, 3.8) is 0 Å². The first kappa shape index (κ1) is 52.3. The fraction of sp³-hybridized carbons (Fsp3) is 0.822. The molecule has 0 unspecified atom stereocenters. The number of aromatic nitrogens is 1. The smallest absolute Gasteiger partial charge is 0.192 e. The van der Waals surface area contributed by atoms with Gasteiger partial charge < -0.3 is 18.4 Å². The van der Waals surface area contributed by atoms with E-state index in [0.717, 1.165) is 36.4 Å². The predicted octanol–water partition coefficient (Wildman–Crippen LogP) is 13.8. The van der Waals surface area contributed by atoms with E-state index in [2.05, 4.69) is 145 Å². The summed E-state index contributed by atoms with van der Waals surface area (Å²) in [6.45, 7) is 49.1. The minimum Gasteiger partial charge on any atom is -0.417 e. The molecule has 6 nitrogen and oxygen atoms in total. The van der Waals surface area contributed by atoms with Crippen molar-refractivity contribution in [2.45, 2.75) is 216 Å². The molecule has 0 aliphatic carbocycles. The molecule has 0 radical (unpaired) electrons. The Hall–Kier alpha value is -0.729. The van der Waals surface area contributed by atoms with Crippen LogP contribution >= 0.6 is 11.3 Å². The van der Waals surface area contributed by atoms with E-state index in [-0.39, 0.29) is 39.0 Å². The molecule has 10 heteroatoms. The summed E-state index contributed by atoms with van der Waals surface area (Å²) in [5.74, 6) is -0.438. The van der Waals surface area contributed by atoms with Gasteiger partial charge in [-0.25, -0.2) is 4.98 Å². The summed E-state index contributed by atoms with van der Waals surface area (Å²) in [6.07, 6.45) is 7.73. The quantitative estimate of drug-likeness (QED) is 0.0981. The molecule has 0 aliphatic heterocycles. The van der Waals surface area contributed by atoms with Crippen LogP contribution in [0.2, 0.25) is 54.4 Å². The highest BCUT2D eigenvalue weighted by molar-refractivity contribution is 7.09. The lowest BCUT2D eigenvalue weighted by Gasteiger charge is -2.45. The highest BCUT2D eigenvalue weighted by atomic mass is 32.1. The number of rotatable bonds is 21. The van der Waals surface area contributed by atoms with Crippen molar-refractivity contribution in [1.82, 2.24) is 4.98 Å². The molecule has 0 spiro atoms. The average Bonchev–Trinajstić information content (AvgIpc) is 3.43. The number of thiazole rings is 1. The summed E-state index contributed by atoms with van der Waals surface area (Å²) in [5.41, 5.74) is 2.76. The van der Waals surface area contributed by atoms with Crippen molar-refractivity contribution in [1.29, 1.82) is 0 Å². The molecule has 320 valence electrons. The Bertz CT molecular complexity index is 1420. The van der Waals surface area contributed by atoms with Crippen LogP contribution < -0.4 is 0 Å². The fourth-order valence-electron chi connectivity index (χ4n) is 6.05. The number of hydrogen-bond donors (Lipinski definition) is 1. The number of aliphatic hydroxyl groups excluding tert-OH is 1. The van der Waals surface area contributed by atoms with Crippen LogP contribution in [0.25, 0.3) is 6.08 Å². The van der Waals surface area contributed by atoms with Crippen molar-refractivity contribution in [2.24, 2.45) is 17.3 Å². The van der Waals surface area contributed by atoms with Crippen LogP contribution in [-0.4, -0.2) is 65.7 Å². The lowest BCUT2D eigenvalue weighted by molar-refractivity contribution is -0.141. The number of carbonyl (C=O) groups is 1. The highest BCUT2D eigenvalue weighted by Crippen LogP contribution is 2.43. The van der Waals surface area contributed by atoms with Gasteiger partial charge in [-0.1, -0.05) is 102 Å². The second-order valence-electron chi connectivity index (χ2n) is 21.8. The van der Waals surface area contributed by atoms with E-state index in [1.54, 1.807) is 11.3 Å². The molecule has 0 saturated carbocycles. The van der Waals surface area contributed by atoms with Gasteiger partial charge in [0, 0.05) is 23.3 Å². The van der Waals surface area contributed by atoms with Gasteiger partial charge in [0.1, 0.15) is 5.78 Å². The second-order valence-corrected chi connectivity index (χ2v) is 37.2. The largest absolute Gasteiger partial charge is 0.417 e. The summed E-state index contributed by atoms with van der Waals surface area (Å²) in [5, 5.41) is 15.0. The van der Waals surface area contributed by atoms with Gasteiger partial charge in [0.25, 0.3) is 0 Å². The molecule has 0 aliphatic rings. The van der Waals surface area contributed by atoms with Crippen LogP contribution in [0, 0.1) is 24.2 Å². The predicted molar refractivity (Wildman–Crippen MR) is 248 cm³/mol. The standard InChI is InChI=1S/C45H87NO5SSi3/c1-32(26-27-38(50-54(19,20)43(9,10)11)34(3)30-37-31-52-36(5)46-37)24-23-25-33(2)40(47)35(4)41(48)45(15,16)39(51-55(21,22)44(12,13)14)28-29-49-53(17,18)42(6,7)8/h26,30-31,33,35,38-40,47H,23-25,27-29H2,1-22H3/b32-26-,34-30+/t33-,35+,38-,39-,40-/m0/s1. The van der Waals surface area contributed by atoms with Gasteiger partial charge in [0.15, 0.2) is 25.0 Å². The number of allylic oxidation sites excluding steroid dienone is 1. The minimum absolute atomic E-state index is 0.00290. The summed E-state index contributed by atoms with van der Waals surface area (Å²) < 4.78 is 20.6. The van der Waals surface area contributed by atoms with E-state index >= 15 is 0 Å². The maximum atomic E-state index is 14.4. The molecule has 1 heterocycles. The zero-order valence-electron chi connectivity index (χ0n) is 39.8. The molecule has 0 bridgehead atoms. The number of hydrogen-bond acceptors (Lipinski definition) is 7. The van der Waals surface area contributed by atoms with E-state index in [1.807, 2.05) is 27.7 Å². The van der Waals surface area contributed by atoms with E-state index in [4.69, 9.17) is 13.3 Å². The van der Waals surface area contributed by atoms with Crippen molar-refractivity contribution in [3.8, 4) is 0 Å². The Kier molecular flexibility index (Phi) is 19.0. The maximum Gasteiger partial charge on any atom is 0.192 e. The van der Waals surface area contributed by atoms with Crippen molar-refractivity contribution in [3.05, 3.63) is 33.3 Å². The number of ketones is 1. The van der Waals surface area contributed by atoms with Gasteiger partial charge >= 0.3 is 0 Å². The molecule has 1 aromatic heterocycles. The molecule has 0 saturated heterocycles. The Morgan fingerprint density at radius 1 is 0.836 bits per heavy atom. The van der Waals surface area contributed by atoms with Gasteiger partial charge in [-0.2, -0.15) is 0 Å². The van der Waals surface area contributed by atoms with Gasteiger partial charge in [0.05, 0.1) is 29.0 Å². The lowest BCUT2D eigenvalue weighted by atomic mass is 9.73. The SMILES string of the molecule is C/C(=C/C[C@H](O[Si](C)(C)C(C)(C)C)/C(C)=C/c1csc(C)n1)CCC[C@H](C)[C@H](O)[C@@H](C)C(=O)C(C)(C)[C@H](CCO[Si](C)(C)C(C)(C)C)O[Si](C)(C)C(C)(C)C. The molecule has 55 heavy (non-hydrogen) atoms. The fourth-order valence-corrected chi connectivity index (χ4v) is 10.5. The molecule has 0 fully saturated rings. The summed E-state index contributed by atoms with van der Waals surface area (Å²) >= 11 is 1.67. The third-order valence-electron chi connectivity index (χ3n) is 13.5. The first-order valence-corrected chi connectivity index (χ1v) is 30.7. The van der Waals surface area contributed by atoms with Crippen LogP contribution in [0.3, 0.4) is 0 Å². The Morgan fingerprint density at radius 2 is 1.35 bits per heavy atom. The number of carbonyl (C=O) groups excluding carboxylic acids is 1. The third kappa shape index (κ3) is 15.4. The van der Waals surface area contributed by atoms with Crippen molar-refractivity contribution in [2.75, 3.05) is 6.61 Å². The van der Waals surface area contributed by atoms with Gasteiger partial charge in [-0.3, -0.25) is 4.79 Å². The second kappa shape index (κ2) is 20.0. The van der Waals surface area contributed by atoms with Crippen molar-refractivity contribution >= 4 is 48.1 Å². The molecular weight excluding hydrogens is 751 g/mol. The van der Waals surface area contributed by atoms with Gasteiger partial charge in [-0.15, -0.1) is 11.3 Å². The van der Waals surface area contributed by atoms with Crippen LogP contribution in [0.4, 0.5) is 0 Å². The van der Waals surface area contributed by atoms with Crippen LogP contribution in [-0.2, 0) is 18.1 Å². The molecular formula is C45H87NO5SSi3. The third-order valence-corrected chi connectivity index (χ3v) is 27.8. The number of aliphatic hydroxyl groups is 1. The number of aryl methyl sites for hydroxylation is 1. The van der Waals surface area contributed by atoms with E-state index < -0.39 is 42.4 Å². The average molecular weight is 839 g/mol. The van der Waals surface area contributed by atoms with Crippen LogP contribution in [0.15, 0.2) is 22.6 Å². The summed E-state index contributed by atoms with van der Waals surface area (Å²) in [4.78, 5) is 19.1. The normalized spacial score (nSPS) is 17.6. The van der Waals surface area contributed by atoms with E-state index in [0.29, 0.717) is 13.0 Å². The Balaban J connectivity index is 3.07. The Morgan fingerprint density at radius 3 is 1.82 bits per heavy atom. The molecule has 0 aromatic carbocycles. The molecule has 1 N–H and O–H groups in total. The van der Waals surface area contributed by atoms with Crippen molar-refractivity contribution < 1.29 is 23.2 Å². The molecule has 5 atom stereocenters. The molecule has 1 rings (SSSR count). The Labute approximate surface area is 347 Å². The minimum atomic E-state index is -2.20. The monoisotopic (exact) mass is 838 g/mol. The zero-order valence-corrected chi connectivity index (χ0v) is 43.6. The topological polar surface area (TPSA) is 77.9 Å². The number of Topliss-reactive ketones (excluding diaryl/α,β-unsaturated/α-hetero) is 1. The van der Waals surface area contributed by atoms with Gasteiger partial charge in [-0.05, 0) is 125 Å². The van der Waals surface area contributed by atoms with Crippen LogP contribution in [0.1, 0.15) is 147 Å². The lowest BCUT2D eigenvalue weighted by Crippen LogP contribution is -2.52. The number of nitrogens with zero attached hydrogens (tertiary/aromatic N) is 1. The zero-order chi connectivity index (χ0) is 43.2. The first-order chi connectivity index (χ1) is 24.6. The highest BCUT2D eigenvalue weighted by Gasteiger charge is 2.48. The van der Waals surface area contributed by atoms with Gasteiger partial charge in [0.2, 0.25) is 0 Å². The van der Waals surface area contributed by atoms with E-state index in [9.17, 15) is 9.90 Å². The summed E-state index contributed by atoms with van der Waals surface area (Å²) in [6, 6.07) is 0. The molecule has 0 amide bonds. The van der Waals surface area contributed by atoms with Crippen LogP contribution in [0.5, 0.6) is 0 Å².